The Labute approximate surface area is 140 Å². The number of fused-ring (bicyclic) bond motifs is 3. The molecule has 1 N–H and O–H groups in total. The number of nitrogens with zero attached hydrogens (tertiary/aromatic N) is 1. The Bertz CT molecular complexity index is 1040. The summed E-state index contributed by atoms with van der Waals surface area (Å²) in [6.45, 7) is 3.06. The quantitative estimate of drug-likeness (QED) is 0.778. The van der Waals surface area contributed by atoms with Crippen LogP contribution in [0, 0.1) is 12.7 Å². The predicted octanol–water partition coefficient (Wildman–Crippen LogP) is 2.97. The van der Waals surface area contributed by atoms with Gasteiger partial charge in [0.05, 0.1) is 10.6 Å². The monoisotopic (exact) mass is 344 g/mol. The largest absolute Gasteiger partial charge is 0.311 e. The fourth-order valence-electron chi connectivity index (χ4n) is 3.34. The van der Waals surface area contributed by atoms with Gasteiger partial charge in [-0.3, -0.25) is 0 Å². The molecule has 0 aliphatic carbocycles. The van der Waals surface area contributed by atoms with E-state index in [0.29, 0.717) is 24.0 Å². The third kappa shape index (κ3) is 2.17. The molecule has 0 radical (unpaired) electrons. The minimum absolute atomic E-state index is 0.145. The number of para-hydroxylation sites is 1. The molecule has 4 rings (SSSR count). The molecule has 0 bridgehead atoms. The predicted molar refractivity (Wildman–Crippen MR) is 91.1 cm³/mol. The Hall–Kier alpha value is -2.18. The van der Waals surface area contributed by atoms with Gasteiger partial charge in [0.2, 0.25) is 0 Å². The normalized spacial score (nSPS) is 14.8. The molecule has 0 saturated heterocycles. The van der Waals surface area contributed by atoms with E-state index in [2.05, 4.69) is 5.32 Å². The van der Waals surface area contributed by atoms with Crippen molar-refractivity contribution in [1.82, 2.24) is 9.29 Å². The van der Waals surface area contributed by atoms with Crippen molar-refractivity contribution in [3.63, 3.8) is 0 Å². The first-order valence-electron chi connectivity index (χ1n) is 7.84. The zero-order chi connectivity index (χ0) is 16.9. The van der Waals surface area contributed by atoms with Crippen LogP contribution in [0.25, 0.3) is 10.9 Å². The highest BCUT2D eigenvalue weighted by Gasteiger charge is 2.29. The second-order valence-electron chi connectivity index (χ2n) is 6.07. The van der Waals surface area contributed by atoms with Gasteiger partial charge in [-0.15, -0.1) is 0 Å². The van der Waals surface area contributed by atoms with Gasteiger partial charge < -0.3 is 5.32 Å². The second kappa shape index (κ2) is 5.43. The van der Waals surface area contributed by atoms with Gasteiger partial charge in [-0.2, -0.15) is 0 Å². The fourth-order valence-corrected chi connectivity index (χ4v) is 4.92. The number of rotatable bonds is 2. The highest BCUT2D eigenvalue weighted by Crippen LogP contribution is 2.33. The van der Waals surface area contributed by atoms with Gasteiger partial charge in [0, 0.05) is 11.9 Å². The van der Waals surface area contributed by atoms with E-state index >= 15 is 0 Å². The van der Waals surface area contributed by atoms with Gasteiger partial charge >= 0.3 is 0 Å². The smallest absolute Gasteiger partial charge is 0.268 e. The number of aromatic nitrogens is 1. The fraction of sp³-hybridized carbons (Fsp3) is 0.222. The topological polar surface area (TPSA) is 51.1 Å². The first-order chi connectivity index (χ1) is 11.5. The molecular formula is C18H17FN2O2S. The maximum Gasteiger partial charge on any atom is 0.268 e. The van der Waals surface area contributed by atoms with Crippen molar-refractivity contribution in [2.24, 2.45) is 0 Å². The molecule has 0 saturated carbocycles. The van der Waals surface area contributed by atoms with Crippen LogP contribution in [0.15, 0.2) is 47.4 Å². The van der Waals surface area contributed by atoms with Crippen LogP contribution in [0.1, 0.15) is 16.8 Å². The molecule has 6 heteroatoms. The highest BCUT2D eigenvalue weighted by molar-refractivity contribution is 7.90. The molecule has 124 valence electrons. The average Bonchev–Trinajstić information content (AvgIpc) is 2.92. The minimum atomic E-state index is -3.87. The van der Waals surface area contributed by atoms with Crippen molar-refractivity contribution >= 4 is 20.9 Å². The van der Waals surface area contributed by atoms with Gasteiger partial charge in [0.25, 0.3) is 10.0 Å². The Morgan fingerprint density at radius 2 is 1.88 bits per heavy atom. The summed E-state index contributed by atoms with van der Waals surface area (Å²) in [5.74, 6) is -0.516. The molecule has 1 aliphatic rings. The van der Waals surface area contributed by atoms with Crippen molar-refractivity contribution in [3.8, 4) is 0 Å². The van der Waals surface area contributed by atoms with Gasteiger partial charge in [0.15, 0.2) is 0 Å². The van der Waals surface area contributed by atoms with Gasteiger partial charge in [-0.05, 0) is 43.7 Å². The summed E-state index contributed by atoms with van der Waals surface area (Å²) in [5, 5.41) is 3.87. The molecule has 4 nitrogen and oxygen atoms in total. The number of aryl methyl sites for hydroxylation is 1. The number of hydrogen-bond donors (Lipinski definition) is 1. The summed E-state index contributed by atoms with van der Waals surface area (Å²) in [7, 11) is -3.87. The molecule has 1 aliphatic heterocycles. The van der Waals surface area contributed by atoms with E-state index in [0.717, 1.165) is 17.7 Å². The molecular weight excluding hydrogens is 327 g/mol. The molecule has 3 aromatic rings. The SMILES string of the molecule is Cc1ccc(S(=O)(=O)n2c3c(c4cccc(F)c42)CCNC3)cc1. The molecule has 24 heavy (non-hydrogen) atoms. The summed E-state index contributed by atoms with van der Waals surface area (Å²) in [6.07, 6.45) is 0.686. The Morgan fingerprint density at radius 3 is 2.62 bits per heavy atom. The standard InChI is InChI=1S/C18H17FN2O2S/c1-12-5-7-13(8-6-12)24(22,23)21-17-11-20-10-9-14(17)15-3-2-4-16(19)18(15)21/h2-8,20H,9-11H2,1H3. The molecule has 0 fully saturated rings. The Kier molecular flexibility index (Phi) is 3.47. The van der Waals surface area contributed by atoms with E-state index in [1.165, 1.54) is 10.0 Å². The molecule has 2 heterocycles. The highest BCUT2D eigenvalue weighted by atomic mass is 32.2. The van der Waals surface area contributed by atoms with Gasteiger partial charge in [0.1, 0.15) is 11.3 Å². The lowest BCUT2D eigenvalue weighted by atomic mass is 10.0. The van der Waals surface area contributed by atoms with Crippen molar-refractivity contribution in [2.75, 3.05) is 6.54 Å². The summed E-state index contributed by atoms with van der Waals surface area (Å²) in [5.41, 5.74) is 2.66. The van der Waals surface area contributed by atoms with Crippen LogP contribution in [-0.4, -0.2) is 18.9 Å². The van der Waals surface area contributed by atoms with Crippen molar-refractivity contribution in [2.45, 2.75) is 24.8 Å². The molecule has 0 atom stereocenters. The molecule has 0 amide bonds. The number of benzene rings is 2. The van der Waals surface area contributed by atoms with E-state index in [1.807, 2.05) is 6.92 Å². The first kappa shape index (κ1) is 15.4. The van der Waals surface area contributed by atoms with E-state index < -0.39 is 15.8 Å². The lowest BCUT2D eigenvalue weighted by Crippen LogP contribution is -2.27. The van der Waals surface area contributed by atoms with Crippen LogP contribution in [0.2, 0.25) is 0 Å². The van der Waals surface area contributed by atoms with Crippen LogP contribution in [0.3, 0.4) is 0 Å². The number of hydrogen-bond acceptors (Lipinski definition) is 3. The number of nitrogens with one attached hydrogen (secondary N) is 1. The third-order valence-corrected chi connectivity index (χ3v) is 6.26. The second-order valence-corrected chi connectivity index (χ2v) is 7.86. The summed E-state index contributed by atoms with van der Waals surface area (Å²) >= 11 is 0. The minimum Gasteiger partial charge on any atom is -0.311 e. The van der Waals surface area contributed by atoms with Gasteiger partial charge in [-0.1, -0.05) is 29.8 Å². The summed E-state index contributed by atoms with van der Waals surface area (Å²) in [4.78, 5) is 0.168. The maximum absolute atomic E-state index is 14.5. The molecule has 0 unspecified atom stereocenters. The summed E-state index contributed by atoms with van der Waals surface area (Å²) in [6, 6.07) is 11.4. The van der Waals surface area contributed by atoms with E-state index in [-0.39, 0.29) is 10.4 Å². The van der Waals surface area contributed by atoms with E-state index in [9.17, 15) is 12.8 Å². The van der Waals surface area contributed by atoms with Crippen molar-refractivity contribution in [1.29, 1.82) is 0 Å². The molecule has 1 aromatic heterocycles. The van der Waals surface area contributed by atoms with Crippen LogP contribution in [0.4, 0.5) is 4.39 Å². The van der Waals surface area contributed by atoms with Crippen LogP contribution < -0.4 is 5.32 Å². The van der Waals surface area contributed by atoms with Crippen molar-refractivity contribution < 1.29 is 12.8 Å². The third-order valence-electron chi connectivity index (χ3n) is 4.51. The number of halogens is 1. The van der Waals surface area contributed by atoms with Crippen molar-refractivity contribution in [3.05, 3.63) is 65.1 Å². The lowest BCUT2D eigenvalue weighted by molar-refractivity contribution is 0.574. The average molecular weight is 344 g/mol. The first-order valence-corrected chi connectivity index (χ1v) is 9.28. The molecule has 0 spiro atoms. The van der Waals surface area contributed by atoms with Crippen LogP contribution >= 0.6 is 0 Å². The summed E-state index contributed by atoms with van der Waals surface area (Å²) < 4.78 is 42.1. The van der Waals surface area contributed by atoms with Crippen LogP contribution in [0.5, 0.6) is 0 Å². The lowest BCUT2D eigenvalue weighted by Gasteiger charge is -2.17. The Balaban J connectivity index is 2.08. The zero-order valence-corrected chi connectivity index (χ0v) is 14.0. The van der Waals surface area contributed by atoms with Crippen LogP contribution in [-0.2, 0) is 23.0 Å². The molecule has 2 aromatic carbocycles. The zero-order valence-electron chi connectivity index (χ0n) is 13.2. The maximum atomic E-state index is 14.5. The van der Waals surface area contributed by atoms with E-state index in [4.69, 9.17) is 0 Å². The Morgan fingerprint density at radius 1 is 1.12 bits per heavy atom. The van der Waals surface area contributed by atoms with E-state index in [1.54, 1.807) is 36.4 Å². The van der Waals surface area contributed by atoms with Gasteiger partial charge in [-0.25, -0.2) is 16.8 Å².